The second-order valence-electron chi connectivity index (χ2n) is 5.47. The smallest absolute Gasteiger partial charge is 0.0827 e. The Bertz CT molecular complexity index is 369. The molecule has 4 heteroatoms. The highest BCUT2D eigenvalue weighted by atomic mass is 16.5. The summed E-state index contributed by atoms with van der Waals surface area (Å²) in [5.74, 6) is 0. The van der Waals surface area contributed by atoms with Gasteiger partial charge in [0.25, 0.3) is 0 Å². The van der Waals surface area contributed by atoms with E-state index in [4.69, 9.17) is 4.74 Å². The largest absolute Gasteiger partial charge is 0.374 e. The number of nitrogens with one attached hydrogen (secondary N) is 1. The van der Waals surface area contributed by atoms with Crippen LogP contribution in [0.25, 0.3) is 0 Å². The summed E-state index contributed by atoms with van der Waals surface area (Å²) in [7, 11) is 0. The van der Waals surface area contributed by atoms with Crippen LogP contribution >= 0.6 is 0 Å². The molecule has 106 valence electrons. The van der Waals surface area contributed by atoms with Gasteiger partial charge in [0.2, 0.25) is 0 Å². The first-order valence-corrected chi connectivity index (χ1v) is 7.16. The third kappa shape index (κ3) is 4.27. The van der Waals surface area contributed by atoms with Crippen LogP contribution in [0, 0.1) is 0 Å². The second-order valence-corrected chi connectivity index (χ2v) is 5.47. The van der Waals surface area contributed by atoms with Crippen LogP contribution in [0.4, 0.5) is 0 Å². The highest BCUT2D eigenvalue weighted by Gasteiger charge is 2.22. The molecule has 2 heterocycles. The molecule has 2 rings (SSSR count). The topological polar surface area (TPSA) is 37.4 Å². The average molecular weight is 263 g/mol. The maximum Gasteiger partial charge on any atom is 0.0827 e. The predicted octanol–water partition coefficient (Wildman–Crippen LogP) is 1.84. The van der Waals surface area contributed by atoms with Gasteiger partial charge in [0.15, 0.2) is 0 Å². The number of rotatable bonds is 5. The maximum atomic E-state index is 5.82. The summed E-state index contributed by atoms with van der Waals surface area (Å²) in [6, 6.07) is 6.89. The summed E-state index contributed by atoms with van der Waals surface area (Å²) < 4.78 is 5.82. The number of hydrogen-bond donors (Lipinski definition) is 1. The fraction of sp³-hybridized carbons (Fsp3) is 0.667. The van der Waals surface area contributed by atoms with Crippen molar-refractivity contribution in [2.75, 3.05) is 26.2 Å². The van der Waals surface area contributed by atoms with Gasteiger partial charge in [-0.15, -0.1) is 0 Å². The quantitative estimate of drug-likeness (QED) is 0.879. The molecule has 0 aliphatic carbocycles. The molecule has 1 aromatic rings. The fourth-order valence-electron chi connectivity index (χ4n) is 2.38. The molecule has 0 saturated carbocycles. The Balaban J connectivity index is 1.79. The van der Waals surface area contributed by atoms with Crippen molar-refractivity contribution < 1.29 is 4.74 Å². The Labute approximate surface area is 116 Å². The molecular formula is C15H25N3O. The van der Waals surface area contributed by atoms with Crippen LogP contribution in [0.5, 0.6) is 0 Å². The first kappa shape index (κ1) is 14.4. The van der Waals surface area contributed by atoms with Crippen molar-refractivity contribution in [1.82, 2.24) is 15.2 Å². The Morgan fingerprint density at radius 2 is 2.26 bits per heavy atom. The molecule has 0 amide bonds. The predicted molar refractivity (Wildman–Crippen MR) is 77.1 cm³/mol. The van der Waals surface area contributed by atoms with Crippen molar-refractivity contribution in [3.05, 3.63) is 30.1 Å². The molecule has 0 spiro atoms. The molecule has 1 unspecified atom stereocenters. The van der Waals surface area contributed by atoms with Crippen LogP contribution in [0.15, 0.2) is 24.4 Å². The molecule has 4 nitrogen and oxygen atoms in total. The van der Waals surface area contributed by atoms with Crippen molar-refractivity contribution in [3.63, 3.8) is 0 Å². The number of ether oxygens (including phenoxy) is 1. The highest BCUT2D eigenvalue weighted by Crippen LogP contribution is 2.11. The number of nitrogens with zero attached hydrogens (tertiary/aromatic N) is 2. The van der Waals surface area contributed by atoms with Crippen LogP contribution in [-0.4, -0.2) is 48.3 Å². The Hall–Kier alpha value is -0.970. The molecule has 1 aliphatic heterocycles. The van der Waals surface area contributed by atoms with E-state index in [-0.39, 0.29) is 12.1 Å². The minimum absolute atomic E-state index is 0.263. The summed E-state index contributed by atoms with van der Waals surface area (Å²) in [6.07, 6.45) is 2.12. The first-order valence-electron chi connectivity index (χ1n) is 7.16. The SMILES string of the molecule is CC(C)N1CCOC(CN[C@H](C)c2ccccn2)C1. The summed E-state index contributed by atoms with van der Waals surface area (Å²) in [5, 5.41) is 3.51. The molecule has 0 radical (unpaired) electrons. The summed E-state index contributed by atoms with van der Waals surface area (Å²) in [6.45, 7) is 10.4. The lowest BCUT2D eigenvalue weighted by Crippen LogP contribution is -2.49. The normalized spacial score (nSPS) is 22.6. The Morgan fingerprint density at radius 3 is 2.95 bits per heavy atom. The Kier molecular flexibility index (Phi) is 5.31. The lowest BCUT2D eigenvalue weighted by molar-refractivity contribution is -0.0380. The molecule has 2 atom stereocenters. The van der Waals surface area contributed by atoms with Gasteiger partial charge in [-0.25, -0.2) is 0 Å². The van der Waals surface area contributed by atoms with E-state index in [1.807, 2.05) is 18.3 Å². The van der Waals surface area contributed by atoms with Crippen molar-refractivity contribution in [1.29, 1.82) is 0 Å². The lowest BCUT2D eigenvalue weighted by atomic mass is 10.2. The van der Waals surface area contributed by atoms with Gasteiger partial charge in [0, 0.05) is 37.9 Å². The zero-order valence-corrected chi connectivity index (χ0v) is 12.2. The first-order chi connectivity index (χ1) is 9.16. The standard InChI is InChI=1S/C15H25N3O/c1-12(2)18-8-9-19-14(11-18)10-17-13(3)15-6-4-5-7-16-15/h4-7,12-14,17H,8-11H2,1-3H3/t13-,14?/m1/s1. The van der Waals surface area contributed by atoms with Crippen LogP contribution in [0.1, 0.15) is 32.5 Å². The van der Waals surface area contributed by atoms with Gasteiger partial charge in [0.1, 0.15) is 0 Å². The van der Waals surface area contributed by atoms with Crippen LogP contribution in [0.2, 0.25) is 0 Å². The van der Waals surface area contributed by atoms with Crippen molar-refractivity contribution in [2.45, 2.75) is 39.0 Å². The highest BCUT2D eigenvalue weighted by molar-refractivity contribution is 5.07. The zero-order chi connectivity index (χ0) is 13.7. The zero-order valence-electron chi connectivity index (χ0n) is 12.2. The maximum absolute atomic E-state index is 5.82. The van der Waals surface area contributed by atoms with Gasteiger partial charge in [-0.2, -0.15) is 0 Å². The molecule has 0 bridgehead atoms. The van der Waals surface area contributed by atoms with Gasteiger partial charge in [-0.1, -0.05) is 6.07 Å². The van der Waals surface area contributed by atoms with E-state index in [0.717, 1.165) is 31.9 Å². The van der Waals surface area contributed by atoms with E-state index in [1.165, 1.54) is 0 Å². The third-order valence-electron chi connectivity index (χ3n) is 3.68. The average Bonchev–Trinajstić information content (AvgIpc) is 2.46. The molecule has 1 aliphatic rings. The molecular weight excluding hydrogens is 238 g/mol. The Morgan fingerprint density at radius 1 is 1.42 bits per heavy atom. The third-order valence-corrected chi connectivity index (χ3v) is 3.68. The van der Waals surface area contributed by atoms with E-state index >= 15 is 0 Å². The van der Waals surface area contributed by atoms with Crippen molar-refractivity contribution in [2.24, 2.45) is 0 Å². The van der Waals surface area contributed by atoms with Crippen LogP contribution < -0.4 is 5.32 Å². The van der Waals surface area contributed by atoms with Gasteiger partial charge in [-0.3, -0.25) is 9.88 Å². The molecule has 19 heavy (non-hydrogen) atoms. The van der Waals surface area contributed by atoms with E-state index < -0.39 is 0 Å². The fourth-order valence-corrected chi connectivity index (χ4v) is 2.38. The van der Waals surface area contributed by atoms with Gasteiger partial charge >= 0.3 is 0 Å². The lowest BCUT2D eigenvalue weighted by Gasteiger charge is -2.36. The van der Waals surface area contributed by atoms with E-state index in [1.54, 1.807) is 0 Å². The number of aromatic nitrogens is 1. The van der Waals surface area contributed by atoms with Crippen molar-refractivity contribution in [3.8, 4) is 0 Å². The van der Waals surface area contributed by atoms with E-state index in [9.17, 15) is 0 Å². The second kappa shape index (κ2) is 6.98. The summed E-state index contributed by atoms with van der Waals surface area (Å²) in [5.41, 5.74) is 1.08. The molecule has 0 aromatic carbocycles. The molecule has 1 fully saturated rings. The summed E-state index contributed by atoms with van der Waals surface area (Å²) in [4.78, 5) is 6.85. The minimum atomic E-state index is 0.263. The molecule has 1 N–H and O–H groups in total. The molecule has 1 saturated heterocycles. The number of pyridine rings is 1. The number of morpholine rings is 1. The van der Waals surface area contributed by atoms with Gasteiger partial charge in [-0.05, 0) is 32.9 Å². The van der Waals surface area contributed by atoms with Crippen molar-refractivity contribution >= 4 is 0 Å². The van der Waals surface area contributed by atoms with E-state index in [0.29, 0.717) is 6.04 Å². The van der Waals surface area contributed by atoms with Crippen LogP contribution in [0.3, 0.4) is 0 Å². The minimum Gasteiger partial charge on any atom is -0.374 e. The van der Waals surface area contributed by atoms with E-state index in [2.05, 4.69) is 42.0 Å². The monoisotopic (exact) mass is 263 g/mol. The van der Waals surface area contributed by atoms with Crippen LogP contribution in [-0.2, 0) is 4.74 Å². The molecule has 1 aromatic heterocycles. The summed E-state index contributed by atoms with van der Waals surface area (Å²) >= 11 is 0. The number of hydrogen-bond acceptors (Lipinski definition) is 4. The van der Waals surface area contributed by atoms with Gasteiger partial charge < -0.3 is 10.1 Å². The van der Waals surface area contributed by atoms with Gasteiger partial charge in [0.05, 0.1) is 18.4 Å².